The second-order valence-corrected chi connectivity index (χ2v) is 6.16. The van der Waals surface area contributed by atoms with Gasteiger partial charge in [-0.1, -0.05) is 0 Å². The van der Waals surface area contributed by atoms with Crippen LogP contribution in [0.25, 0.3) is 10.8 Å². The van der Waals surface area contributed by atoms with Crippen LogP contribution in [0.1, 0.15) is 12.6 Å². The largest absolute Gasteiger partial charge is 0.304 e. The molecule has 0 aromatic carbocycles. The molecular weight excluding hydrogens is 270 g/mol. The van der Waals surface area contributed by atoms with Crippen LogP contribution >= 0.6 is 11.3 Å². The lowest BCUT2D eigenvalue weighted by Gasteiger charge is -2.37. The van der Waals surface area contributed by atoms with Crippen LogP contribution in [-0.4, -0.2) is 57.5 Å². The third kappa shape index (κ3) is 3.03. The molecular formula is C14H19N5S. The molecule has 106 valence electrons. The summed E-state index contributed by atoms with van der Waals surface area (Å²) in [6.07, 6.45) is 3.51. The SMILES string of the molecule is C[C@H]1CN(C)CCN1Cc1csc(-c2ncccn2)n1. The van der Waals surface area contributed by atoms with Gasteiger partial charge in [-0.3, -0.25) is 4.90 Å². The standard InChI is InChI=1S/C14H19N5S/c1-11-8-18(2)6-7-19(11)9-12-10-20-14(17-12)13-15-4-3-5-16-13/h3-5,10-11H,6-9H2,1-2H3/t11-/m0/s1. The first-order valence-corrected chi connectivity index (χ1v) is 7.75. The Hall–Kier alpha value is -1.37. The van der Waals surface area contributed by atoms with Crippen LogP contribution in [0.15, 0.2) is 23.8 Å². The number of nitrogens with zero attached hydrogens (tertiary/aromatic N) is 5. The van der Waals surface area contributed by atoms with Crippen molar-refractivity contribution in [2.24, 2.45) is 0 Å². The zero-order chi connectivity index (χ0) is 13.9. The van der Waals surface area contributed by atoms with Gasteiger partial charge in [0, 0.05) is 50.0 Å². The molecule has 1 fully saturated rings. The average molecular weight is 289 g/mol. The molecule has 5 nitrogen and oxygen atoms in total. The molecule has 0 unspecified atom stereocenters. The second kappa shape index (κ2) is 5.95. The Bertz CT molecular complexity index is 556. The highest BCUT2D eigenvalue weighted by molar-refractivity contribution is 7.13. The monoisotopic (exact) mass is 289 g/mol. The van der Waals surface area contributed by atoms with E-state index in [1.165, 1.54) is 0 Å². The summed E-state index contributed by atoms with van der Waals surface area (Å²) < 4.78 is 0. The lowest BCUT2D eigenvalue weighted by molar-refractivity contribution is 0.0929. The van der Waals surface area contributed by atoms with Crippen LogP contribution in [0.4, 0.5) is 0 Å². The van der Waals surface area contributed by atoms with Gasteiger partial charge in [-0.2, -0.15) is 0 Å². The van der Waals surface area contributed by atoms with Crippen LogP contribution in [-0.2, 0) is 6.54 Å². The maximum Gasteiger partial charge on any atom is 0.188 e. The van der Waals surface area contributed by atoms with Gasteiger partial charge >= 0.3 is 0 Å². The minimum Gasteiger partial charge on any atom is -0.304 e. The van der Waals surface area contributed by atoms with Crippen molar-refractivity contribution in [2.45, 2.75) is 19.5 Å². The molecule has 0 aliphatic carbocycles. The summed E-state index contributed by atoms with van der Waals surface area (Å²) in [4.78, 5) is 18.0. The summed E-state index contributed by atoms with van der Waals surface area (Å²) in [7, 11) is 2.18. The Labute approximate surface area is 123 Å². The van der Waals surface area contributed by atoms with Gasteiger partial charge in [0.25, 0.3) is 0 Å². The van der Waals surface area contributed by atoms with Gasteiger partial charge in [-0.15, -0.1) is 11.3 Å². The van der Waals surface area contributed by atoms with Gasteiger partial charge in [0.05, 0.1) is 5.69 Å². The maximum absolute atomic E-state index is 4.67. The zero-order valence-electron chi connectivity index (χ0n) is 11.9. The highest BCUT2D eigenvalue weighted by Gasteiger charge is 2.22. The molecule has 0 spiro atoms. The minimum atomic E-state index is 0.576. The van der Waals surface area contributed by atoms with E-state index < -0.39 is 0 Å². The molecule has 1 atom stereocenters. The predicted octanol–water partition coefficient (Wildman–Crippen LogP) is 1.74. The third-order valence-corrected chi connectivity index (χ3v) is 4.53. The van der Waals surface area contributed by atoms with Crippen molar-refractivity contribution >= 4 is 11.3 Å². The van der Waals surface area contributed by atoms with Crippen LogP contribution in [0.2, 0.25) is 0 Å². The average Bonchev–Trinajstić information content (AvgIpc) is 2.92. The summed E-state index contributed by atoms with van der Waals surface area (Å²) in [6.45, 7) is 6.55. The van der Waals surface area contributed by atoms with Gasteiger partial charge in [0.1, 0.15) is 0 Å². The molecule has 2 aromatic rings. The van der Waals surface area contributed by atoms with Crippen molar-refractivity contribution in [2.75, 3.05) is 26.7 Å². The van der Waals surface area contributed by atoms with Gasteiger partial charge in [-0.05, 0) is 20.0 Å². The van der Waals surface area contributed by atoms with E-state index in [2.05, 4.69) is 44.1 Å². The van der Waals surface area contributed by atoms with Crippen molar-refractivity contribution < 1.29 is 0 Å². The first-order valence-electron chi connectivity index (χ1n) is 6.87. The predicted molar refractivity (Wildman–Crippen MR) is 80.5 cm³/mol. The second-order valence-electron chi connectivity index (χ2n) is 5.30. The molecule has 1 saturated heterocycles. The molecule has 0 bridgehead atoms. The van der Waals surface area contributed by atoms with E-state index in [4.69, 9.17) is 0 Å². The Morgan fingerprint density at radius 1 is 1.30 bits per heavy atom. The number of rotatable bonds is 3. The summed E-state index contributed by atoms with van der Waals surface area (Å²) in [5.74, 6) is 0.718. The number of likely N-dealkylation sites (N-methyl/N-ethyl adjacent to an activating group) is 1. The number of aromatic nitrogens is 3. The number of piperazine rings is 1. The van der Waals surface area contributed by atoms with Crippen LogP contribution < -0.4 is 0 Å². The normalized spacial score (nSPS) is 21.2. The van der Waals surface area contributed by atoms with Crippen LogP contribution in [0.3, 0.4) is 0 Å². The van der Waals surface area contributed by atoms with Crippen molar-refractivity contribution in [3.63, 3.8) is 0 Å². The van der Waals surface area contributed by atoms with Gasteiger partial charge in [-0.25, -0.2) is 15.0 Å². The van der Waals surface area contributed by atoms with E-state index in [-0.39, 0.29) is 0 Å². The molecule has 6 heteroatoms. The highest BCUT2D eigenvalue weighted by atomic mass is 32.1. The molecule has 3 rings (SSSR count). The lowest BCUT2D eigenvalue weighted by atomic mass is 10.2. The fourth-order valence-electron chi connectivity index (χ4n) is 2.51. The molecule has 0 amide bonds. The zero-order valence-corrected chi connectivity index (χ0v) is 12.7. The van der Waals surface area contributed by atoms with E-state index in [1.54, 1.807) is 23.7 Å². The molecule has 1 aliphatic heterocycles. The highest BCUT2D eigenvalue weighted by Crippen LogP contribution is 2.21. The Morgan fingerprint density at radius 2 is 2.10 bits per heavy atom. The van der Waals surface area contributed by atoms with Crippen molar-refractivity contribution in [3.8, 4) is 10.8 Å². The van der Waals surface area contributed by atoms with Crippen LogP contribution in [0.5, 0.6) is 0 Å². The molecule has 1 aliphatic rings. The van der Waals surface area contributed by atoms with Crippen molar-refractivity contribution in [1.29, 1.82) is 0 Å². The number of hydrogen-bond donors (Lipinski definition) is 0. The number of hydrogen-bond acceptors (Lipinski definition) is 6. The quantitative estimate of drug-likeness (QED) is 0.861. The maximum atomic E-state index is 4.67. The summed E-state index contributed by atoms with van der Waals surface area (Å²) >= 11 is 1.62. The van der Waals surface area contributed by atoms with E-state index in [1.807, 2.05) is 6.07 Å². The molecule has 3 heterocycles. The van der Waals surface area contributed by atoms with E-state index in [9.17, 15) is 0 Å². The van der Waals surface area contributed by atoms with E-state index in [0.717, 1.165) is 42.7 Å². The number of thiazole rings is 1. The Kier molecular flexibility index (Phi) is 4.05. The van der Waals surface area contributed by atoms with Gasteiger partial charge in [0.15, 0.2) is 10.8 Å². The molecule has 0 N–H and O–H groups in total. The first kappa shape index (κ1) is 13.6. The van der Waals surface area contributed by atoms with Gasteiger partial charge in [0.2, 0.25) is 0 Å². The van der Waals surface area contributed by atoms with Crippen molar-refractivity contribution in [1.82, 2.24) is 24.8 Å². The first-order chi connectivity index (χ1) is 9.72. The summed E-state index contributed by atoms with van der Waals surface area (Å²) in [5, 5.41) is 3.03. The molecule has 20 heavy (non-hydrogen) atoms. The third-order valence-electron chi connectivity index (χ3n) is 3.64. The molecule has 0 radical (unpaired) electrons. The minimum absolute atomic E-state index is 0.576. The Morgan fingerprint density at radius 3 is 2.85 bits per heavy atom. The fraction of sp³-hybridized carbons (Fsp3) is 0.500. The molecule has 2 aromatic heterocycles. The van der Waals surface area contributed by atoms with Crippen LogP contribution in [0, 0.1) is 0 Å². The fourth-order valence-corrected chi connectivity index (χ4v) is 3.27. The van der Waals surface area contributed by atoms with E-state index in [0.29, 0.717) is 6.04 Å². The van der Waals surface area contributed by atoms with Gasteiger partial charge < -0.3 is 4.90 Å². The van der Waals surface area contributed by atoms with Crippen molar-refractivity contribution in [3.05, 3.63) is 29.5 Å². The topological polar surface area (TPSA) is 45.2 Å². The summed E-state index contributed by atoms with van der Waals surface area (Å²) in [6, 6.07) is 2.40. The lowest BCUT2D eigenvalue weighted by Crippen LogP contribution is -2.49. The molecule has 0 saturated carbocycles. The summed E-state index contributed by atoms with van der Waals surface area (Å²) in [5.41, 5.74) is 1.12. The smallest absolute Gasteiger partial charge is 0.188 e. The Balaban J connectivity index is 1.69. The van der Waals surface area contributed by atoms with E-state index >= 15 is 0 Å².